The minimum atomic E-state index is -0.0718. The smallest absolute Gasteiger partial charge is 0.251 e. The van der Waals surface area contributed by atoms with Gasteiger partial charge in [-0.2, -0.15) is 0 Å². The molecule has 0 radical (unpaired) electrons. The van der Waals surface area contributed by atoms with E-state index in [0.717, 1.165) is 12.0 Å². The second-order valence-corrected chi connectivity index (χ2v) is 4.97. The van der Waals surface area contributed by atoms with E-state index in [1.54, 1.807) is 24.3 Å². The minimum Gasteiger partial charge on any atom is -0.399 e. The maximum Gasteiger partial charge on any atom is 0.251 e. The number of benzene rings is 2. The Bertz CT molecular complexity index is 573. The van der Waals surface area contributed by atoms with Crippen molar-refractivity contribution < 1.29 is 4.79 Å². The lowest BCUT2D eigenvalue weighted by Gasteiger charge is -2.17. The van der Waals surface area contributed by atoms with Crippen LogP contribution >= 0.6 is 0 Å². The lowest BCUT2D eigenvalue weighted by molar-refractivity contribution is 0.0935. The predicted octanol–water partition coefficient (Wildman–Crippen LogP) is 3.46. The van der Waals surface area contributed by atoms with Crippen molar-refractivity contribution in [1.82, 2.24) is 5.32 Å². The molecule has 1 atom stereocenters. The second-order valence-electron chi connectivity index (χ2n) is 4.97. The van der Waals surface area contributed by atoms with Crippen molar-refractivity contribution in [3.05, 3.63) is 65.2 Å². The summed E-state index contributed by atoms with van der Waals surface area (Å²) in [6, 6.07) is 15.2. The maximum atomic E-state index is 12.2. The maximum absolute atomic E-state index is 12.2. The van der Waals surface area contributed by atoms with Crippen LogP contribution < -0.4 is 11.1 Å². The third-order valence-electron chi connectivity index (χ3n) is 3.37. The summed E-state index contributed by atoms with van der Waals surface area (Å²) >= 11 is 0. The summed E-state index contributed by atoms with van der Waals surface area (Å²) in [7, 11) is 0. The fraction of sp³-hybridized carbons (Fsp3) is 0.235. The topological polar surface area (TPSA) is 55.1 Å². The SMILES string of the molecule is CCC(NC(=O)c1ccc(N)cc1)c1ccc(C)cc1. The van der Waals surface area contributed by atoms with Crippen LogP contribution in [0.15, 0.2) is 48.5 Å². The van der Waals surface area contributed by atoms with Crippen LogP contribution in [0.2, 0.25) is 0 Å². The van der Waals surface area contributed by atoms with E-state index in [4.69, 9.17) is 5.73 Å². The molecular formula is C17H20N2O. The molecule has 2 rings (SSSR count). The van der Waals surface area contributed by atoms with E-state index in [1.165, 1.54) is 5.56 Å². The zero-order valence-corrected chi connectivity index (χ0v) is 11.9. The average Bonchev–Trinajstić information content (AvgIpc) is 2.46. The van der Waals surface area contributed by atoms with E-state index in [2.05, 4.69) is 43.4 Å². The van der Waals surface area contributed by atoms with Crippen LogP contribution in [0.3, 0.4) is 0 Å². The highest BCUT2D eigenvalue weighted by Crippen LogP contribution is 2.18. The van der Waals surface area contributed by atoms with Crippen molar-refractivity contribution in [2.75, 3.05) is 5.73 Å². The zero-order valence-electron chi connectivity index (χ0n) is 11.9. The molecule has 0 aliphatic carbocycles. The summed E-state index contributed by atoms with van der Waals surface area (Å²) in [5, 5.41) is 3.06. The summed E-state index contributed by atoms with van der Waals surface area (Å²) < 4.78 is 0. The number of anilines is 1. The molecule has 1 unspecified atom stereocenters. The molecule has 0 fully saturated rings. The van der Waals surface area contributed by atoms with Crippen molar-refractivity contribution in [3.8, 4) is 0 Å². The van der Waals surface area contributed by atoms with Gasteiger partial charge in [0.25, 0.3) is 5.91 Å². The number of carbonyl (C=O) groups is 1. The van der Waals surface area contributed by atoms with Crippen LogP contribution in [-0.2, 0) is 0 Å². The fourth-order valence-corrected chi connectivity index (χ4v) is 2.10. The molecule has 0 aromatic heterocycles. The minimum absolute atomic E-state index is 0.0284. The first-order valence-corrected chi connectivity index (χ1v) is 6.83. The van der Waals surface area contributed by atoms with Gasteiger partial charge in [0.05, 0.1) is 6.04 Å². The Kier molecular flexibility index (Phi) is 4.41. The van der Waals surface area contributed by atoms with E-state index in [0.29, 0.717) is 11.3 Å². The van der Waals surface area contributed by atoms with Crippen LogP contribution in [0, 0.1) is 6.92 Å². The van der Waals surface area contributed by atoms with Crippen LogP contribution in [0.4, 0.5) is 5.69 Å². The van der Waals surface area contributed by atoms with E-state index in [-0.39, 0.29) is 11.9 Å². The summed E-state index contributed by atoms with van der Waals surface area (Å²) in [5.41, 5.74) is 9.26. The Labute approximate surface area is 119 Å². The van der Waals surface area contributed by atoms with Gasteiger partial charge in [0.1, 0.15) is 0 Å². The molecule has 0 heterocycles. The molecule has 0 bridgehead atoms. The highest BCUT2D eigenvalue weighted by Gasteiger charge is 2.13. The zero-order chi connectivity index (χ0) is 14.5. The van der Waals surface area contributed by atoms with Gasteiger partial charge in [-0.15, -0.1) is 0 Å². The van der Waals surface area contributed by atoms with Crippen LogP contribution in [-0.4, -0.2) is 5.91 Å². The van der Waals surface area contributed by atoms with E-state index >= 15 is 0 Å². The fourth-order valence-electron chi connectivity index (χ4n) is 2.10. The summed E-state index contributed by atoms with van der Waals surface area (Å²) in [4.78, 5) is 12.2. The third-order valence-corrected chi connectivity index (χ3v) is 3.37. The first kappa shape index (κ1) is 14.1. The molecule has 2 aromatic carbocycles. The highest BCUT2D eigenvalue weighted by molar-refractivity contribution is 5.94. The number of amides is 1. The number of carbonyl (C=O) groups excluding carboxylic acids is 1. The van der Waals surface area contributed by atoms with Gasteiger partial charge in [-0.1, -0.05) is 36.8 Å². The van der Waals surface area contributed by atoms with Crippen molar-refractivity contribution >= 4 is 11.6 Å². The standard InChI is InChI=1S/C17H20N2O/c1-3-16(13-6-4-12(2)5-7-13)19-17(20)14-8-10-15(18)11-9-14/h4-11,16H,3,18H2,1-2H3,(H,19,20). The molecule has 0 saturated heterocycles. The highest BCUT2D eigenvalue weighted by atomic mass is 16.1. The molecule has 20 heavy (non-hydrogen) atoms. The second kappa shape index (κ2) is 6.24. The van der Waals surface area contributed by atoms with Gasteiger partial charge in [-0.25, -0.2) is 0 Å². The number of rotatable bonds is 4. The molecule has 3 heteroatoms. The van der Waals surface area contributed by atoms with E-state index < -0.39 is 0 Å². The van der Waals surface area contributed by atoms with Crippen molar-refractivity contribution in [2.24, 2.45) is 0 Å². The lowest BCUT2D eigenvalue weighted by Crippen LogP contribution is -2.28. The van der Waals surface area contributed by atoms with E-state index in [1.807, 2.05) is 0 Å². The summed E-state index contributed by atoms with van der Waals surface area (Å²) in [6.07, 6.45) is 0.851. The summed E-state index contributed by atoms with van der Waals surface area (Å²) in [6.45, 7) is 4.12. The Balaban J connectivity index is 2.11. The molecular weight excluding hydrogens is 248 g/mol. The van der Waals surface area contributed by atoms with Crippen molar-refractivity contribution in [3.63, 3.8) is 0 Å². The Morgan fingerprint density at radius 2 is 1.70 bits per heavy atom. The molecule has 3 nitrogen and oxygen atoms in total. The number of hydrogen-bond acceptors (Lipinski definition) is 2. The quantitative estimate of drug-likeness (QED) is 0.834. The number of hydrogen-bond donors (Lipinski definition) is 2. The third kappa shape index (κ3) is 3.38. The molecule has 0 aliphatic rings. The first-order valence-electron chi connectivity index (χ1n) is 6.83. The van der Waals surface area contributed by atoms with Gasteiger partial charge in [0, 0.05) is 11.3 Å². The number of nitrogens with one attached hydrogen (secondary N) is 1. The Hall–Kier alpha value is -2.29. The number of nitrogen functional groups attached to an aromatic ring is 1. The average molecular weight is 268 g/mol. The Morgan fingerprint density at radius 1 is 1.10 bits per heavy atom. The monoisotopic (exact) mass is 268 g/mol. The van der Waals surface area contributed by atoms with Gasteiger partial charge in [-0.05, 0) is 43.2 Å². The molecule has 2 aromatic rings. The number of nitrogens with two attached hydrogens (primary N) is 1. The molecule has 104 valence electrons. The molecule has 0 saturated carbocycles. The van der Waals surface area contributed by atoms with E-state index in [9.17, 15) is 4.79 Å². The molecule has 1 amide bonds. The van der Waals surface area contributed by atoms with Crippen molar-refractivity contribution in [2.45, 2.75) is 26.3 Å². The summed E-state index contributed by atoms with van der Waals surface area (Å²) in [5.74, 6) is -0.0718. The molecule has 0 spiro atoms. The van der Waals surface area contributed by atoms with Gasteiger partial charge >= 0.3 is 0 Å². The predicted molar refractivity (Wildman–Crippen MR) is 82.5 cm³/mol. The largest absolute Gasteiger partial charge is 0.399 e. The van der Waals surface area contributed by atoms with Gasteiger partial charge in [0.15, 0.2) is 0 Å². The number of aryl methyl sites for hydroxylation is 1. The van der Waals surface area contributed by atoms with Gasteiger partial charge in [0.2, 0.25) is 0 Å². The normalized spacial score (nSPS) is 11.9. The van der Waals surface area contributed by atoms with Crippen LogP contribution in [0.1, 0.15) is 40.9 Å². The Morgan fingerprint density at radius 3 is 2.25 bits per heavy atom. The van der Waals surface area contributed by atoms with Crippen molar-refractivity contribution in [1.29, 1.82) is 0 Å². The molecule has 3 N–H and O–H groups in total. The van der Waals surface area contributed by atoms with Gasteiger partial charge in [-0.3, -0.25) is 4.79 Å². The first-order chi connectivity index (χ1) is 9.60. The van der Waals surface area contributed by atoms with Crippen LogP contribution in [0.5, 0.6) is 0 Å². The lowest BCUT2D eigenvalue weighted by atomic mass is 10.0. The van der Waals surface area contributed by atoms with Crippen LogP contribution in [0.25, 0.3) is 0 Å². The van der Waals surface area contributed by atoms with Gasteiger partial charge < -0.3 is 11.1 Å². The molecule has 0 aliphatic heterocycles.